The monoisotopic (exact) mass is 291 g/mol. The van der Waals surface area contributed by atoms with Crippen LogP contribution in [0, 0.1) is 18.6 Å². The number of amides is 1. The van der Waals surface area contributed by atoms with Crippen LogP contribution in [0.25, 0.3) is 0 Å². The van der Waals surface area contributed by atoms with Crippen LogP contribution in [-0.4, -0.2) is 17.0 Å². The summed E-state index contributed by atoms with van der Waals surface area (Å²) in [5.74, 6) is -4.94. The van der Waals surface area contributed by atoms with E-state index in [9.17, 15) is 18.4 Å². The molecular formula is C15H11F2NO3. The van der Waals surface area contributed by atoms with E-state index >= 15 is 0 Å². The van der Waals surface area contributed by atoms with Crippen molar-refractivity contribution in [3.05, 3.63) is 64.7 Å². The van der Waals surface area contributed by atoms with E-state index in [-0.39, 0.29) is 0 Å². The van der Waals surface area contributed by atoms with Crippen molar-refractivity contribution in [3.8, 4) is 0 Å². The summed E-state index contributed by atoms with van der Waals surface area (Å²) in [5.41, 5.74) is 0.360. The summed E-state index contributed by atoms with van der Waals surface area (Å²) in [4.78, 5) is 23.0. The lowest BCUT2D eigenvalue weighted by atomic mass is 10.1. The van der Waals surface area contributed by atoms with Crippen molar-refractivity contribution < 1.29 is 23.5 Å². The smallest absolute Gasteiger partial charge is 0.336 e. The molecule has 0 bridgehead atoms. The van der Waals surface area contributed by atoms with Gasteiger partial charge in [-0.25, -0.2) is 13.6 Å². The van der Waals surface area contributed by atoms with Crippen molar-refractivity contribution >= 4 is 17.6 Å². The zero-order chi connectivity index (χ0) is 15.6. The van der Waals surface area contributed by atoms with Gasteiger partial charge in [0, 0.05) is 5.69 Å². The lowest BCUT2D eigenvalue weighted by Crippen LogP contribution is -2.17. The summed E-state index contributed by atoms with van der Waals surface area (Å²) in [6.45, 7) is 1.86. The molecule has 108 valence electrons. The Morgan fingerprint density at radius 3 is 2.05 bits per heavy atom. The second-order valence-corrected chi connectivity index (χ2v) is 4.44. The molecule has 0 atom stereocenters. The third-order valence-electron chi connectivity index (χ3n) is 2.84. The Kier molecular flexibility index (Phi) is 3.98. The van der Waals surface area contributed by atoms with Gasteiger partial charge in [-0.05, 0) is 31.2 Å². The normalized spacial score (nSPS) is 10.2. The Hall–Kier alpha value is -2.76. The van der Waals surface area contributed by atoms with Crippen LogP contribution in [0.15, 0.2) is 36.4 Å². The molecule has 0 saturated heterocycles. The van der Waals surface area contributed by atoms with E-state index in [1.807, 2.05) is 6.92 Å². The highest BCUT2D eigenvalue weighted by atomic mass is 19.2. The number of carbonyl (C=O) groups is 2. The van der Waals surface area contributed by atoms with Gasteiger partial charge in [0.15, 0.2) is 11.6 Å². The van der Waals surface area contributed by atoms with E-state index in [4.69, 9.17) is 5.11 Å². The average Bonchev–Trinajstić information content (AvgIpc) is 2.43. The SMILES string of the molecule is Cc1ccc(NC(=O)c2cc(F)c(F)cc2C(=O)O)cc1. The van der Waals surface area contributed by atoms with Crippen molar-refractivity contribution in [3.63, 3.8) is 0 Å². The first-order valence-corrected chi connectivity index (χ1v) is 5.99. The lowest BCUT2D eigenvalue weighted by Gasteiger charge is -2.09. The van der Waals surface area contributed by atoms with Crippen molar-refractivity contribution in [2.24, 2.45) is 0 Å². The molecule has 0 spiro atoms. The van der Waals surface area contributed by atoms with E-state index < -0.39 is 34.6 Å². The van der Waals surface area contributed by atoms with Crippen molar-refractivity contribution in [2.75, 3.05) is 5.32 Å². The van der Waals surface area contributed by atoms with Crippen LogP contribution < -0.4 is 5.32 Å². The minimum Gasteiger partial charge on any atom is -0.478 e. The van der Waals surface area contributed by atoms with Gasteiger partial charge < -0.3 is 10.4 Å². The molecule has 1 amide bonds. The molecule has 2 aromatic carbocycles. The summed E-state index contributed by atoms with van der Waals surface area (Å²) >= 11 is 0. The van der Waals surface area contributed by atoms with Crippen LogP contribution in [0.2, 0.25) is 0 Å². The number of aryl methyl sites for hydroxylation is 1. The number of rotatable bonds is 3. The maximum absolute atomic E-state index is 13.2. The third kappa shape index (κ3) is 3.22. The Morgan fingerprint density at radius 1 is 1.00 bits per heavy atom. The molecule has 0 fully saturated rings. The van der Waals surface area contributed by atoms with Crippen LogP contribution in [0.5, 0.6) is 0 Å². The fourth-order valence-electron chi connectivity index (χ4n) is 1.75. The van der Waals surface area contributed by atoms with Gasteiger partial charge in [-0.3, -0.25) is 4.79 Å². The largest absolute Gasteiger partial charge is 0.478 e. The maximum atomic E-state index is 13.2. The summed E-state index contributed by atoms with van der Waals surface area (Å²) in [5, 5.41) is 11.4. The number of halogens is 2. The van der Waals surface area contributed by atoms with Crippen LogP contribution in [0.3, 0.4) is 0 Å². The number of hydrogen-bond donors (Lipinski definition) is 2. The number of aromatic carboxylic acids is 1. The predicted molar refractivity (Wildman–Crippen MR) is 72.4 cm³/mol. The van der Waals surface area contributed by atoms with Gasteiger partial charge in [-0.2, -0.15) is 0 Å². The van der Waals surface area contributed by atoms with Crippen LogP contribution in [0.1, 0.15) is 26.3 Å². The van der Waals surface area contributed by atoms with Crippen molar-refractivity contribution in [1.82, 2.24) is 0 Å². The Bertz CT molecular complexity index is 712. The molecule has 6 heteroatoms. The predicted octanol–water partition coefficient (Wildman–Crippen LogP) is 3.22. The molecule has 2 aromatic rings. The number of benzene rings is 2. The first kappa shape index (κ1) is 14.6. The molecule has 2 N–H and O–H groups in total. The first-order chi connectivity index (χ1) is 9.88. The molecule has 0 aliphatic heterocycles. The molecule has 0 aliphatic rings. The molecular weight excluding hydrogens is 280 g/mol. The Labute approximate surface area is 119 Å². The van der Waals surface area contributed by atoms with E-state index in [1.165, 1.54) is 0 Å². The molecule has 0 heterocycles. The number of nitrogens with one attached hydrogen (secondary N) is 1. The van der Waals surface area contributed by atoms with Crippen LogP contribution in [0.4, 0.5) is 14.5 Å². The van der Waals surface area contributed by atoms with Gasteiger partial charge in [-0.15, -0.1) is 0 Å². The Balaban J connectivity index is 2.36. The van der Waals surface area contributed by atoms with E-state index in [2.05, 4.69) is 5.32 Å². The molecule has 21 heavy (non-hydrogen) atoms. The number of hydrogen-bond acceptors (Lipinski definition) is 2. The third-order valence-corrected chi connectivity index (χ3v) is 2.84. The van der Waals surface area contributed by atoms with Crippen molar-refractivity contribution in [2.45, 2.75) is 6.92 Å². The zero-order valence-electron chi connectivity index (χ0n) is 11.0. The number of carbonyl (C=O) groups excluding carboxylic acids is 1. The van der Waals surface area contributed by atoms with Gasteiger partial charge in [0.05, 0.1) is 11.1 Å². The number of carboxylic acid groups (broad SMARTS) is 1. The highest BCUT2D eigenvalue weighted by Crippen LogP contribution is 2.18. The average molecular weight is 291 g/mol. The molecule has 4 nitrogen and oxygen atoms in total. The molecule has 0 unspecified atom stereocenters. The second-order valence-electron chi connectivity index (χ2n) is 4.44. The van der Waals surface area contributed by atoms with Crippen LogP contribution in [-0.2, 0) is 0 Å². The maximum Gasteiger partial charge on any atom is 0.336 e. The molecule has 0 aliphatic carbocycles. The second kappa shape index (κ2) is 5.70. The van der Waals surface area contributed by atoms with Gasteiger partial charge in [-0.1, -0.05) is 17.7 Å². The fourth-order valence-corrected chi connectivity index (χ4v) is 1.75. The van der Waals surface area contributed by atoms with Gasteiger partial charge >= 0.3 is 5.97 Å². The van der Waals surface area contributed by atoms with Gasteiger partial charge in [0.2, 0.25) is 0 Å². The highest BCUT2D eigenvalue weighted by Gasteiger charge is 2.20. The molecule has 0 aromatic heterocycles. The van der Waals surface area contributed by atoms with E-state index in [1.54, 1.807) is 24.3 Å². The molecule has 0 saturated carbocycles. The first-order valence-electron chi connectivity index (χ1n) is 5.99. The van der Waals surface area contributed by atoms with Gasteiger partial charge in [0.25, 0.3) is 5.91 Å². The number of carboxylic acids is 1. The summed E-state index contributed by atoms with van der Waals surface area (Å²) in [6, 6.07) is 7.79. The molecule has 2 rings (SSSR count). The number of anilines is 1. The quantitative estimate of drug-likeness (QED) is 0.912. The topological polar surface area (TPSA) is 66.4 Å². The molecule has 0 radical (unpaired) electrons. The van der Waals surface area contributed by atoms with Gasteiger partial charge in [0.1, 0.15) is 0 Å². The summed E-state index contributed by atoms with van der Waals surface area (Å²) < 4.78 is 26.3. The van der Waals surface area contributed by atoms with E-state index in [0.29, 0.717) is 17.8 Å². The van der Waals surface area contributed by atoms with Crippen molar-refractivity contribution in [1.29, 1.82) is 0 Å². The van der Waals surface area contributed by atoms with Crippen LogP contribution >= 0.6 is 0 Å². The van der Waals surface area contributed by atoms with E-state index in [0.717, 1.165) is 5.56 Å². The summed E-state index contributed by atoms with van der Waals surface area (Å²) in [7, 11) is 0. The minimum atomic E-state index is -1.51. The standard InChI is InChI=1S/C15H11F2NO3/c1-8-2-4-9(5-3-8)18-14(19)10-6-12(16)13(17)7-11(10)15(20)21/h2-7H,1H3,(H,18,19)(H,20,21). The Morgan fingerprint density at radius 2 is 1.52 bits per heavy atom. The summed E-state index contributed by atoms with van der Waals surface area (Å²) in [6.07, 6.45) is 0. The lowest BCUT2D eigenvalue weighted by molar-refractivity contribution is 0.0691. The zero-order valence-corrected chi connectivity index (χ0v) is 11.0. The minimum absolute atomic E-state index is 0.423. The highest BCUT2D eigenvalue weighted by molar-refractivity contribution is 6.10. The fraction of sp³-hybridized carbons (Fsp3) is 0.0667.